The second kappa shape index (κ2) is 2.69. The van der Waals surface area contributed by atoms with E-state index in [0.29, 0.717) is 3.57 Å². The van der Waals surface area contributed by atoms with Crippen LogP contribution in [-0.4, -0.2) is 9.78 Å². The molecule has 0 N–H and O–H groups in total. The Kier molecular flexibility index (Phi) is 1.79. The number of aromatic nitrogens is 2. The molecule has 1 heterocycles. The van der Waals surface area contributed by atoms with Crippen LogP contribution in [-0.2, 0) is 7.05 Å². The summed E-state index contributed by atoms with van der Waals surface area (Å²) in [5.74, 6) is -0.207. The fourth-order valence-electron chi connectivity index (χ4n) is 1.15. The van der Waals surface area contributed by atoms with Gasteiger partial charge in [-0.25, -0.2) is 4.39 Å². The molecule has 0 bridgehead atoms. The lowest BCUT2D eigenvalue weighted by Gasteiger charge is -1.92. The minimum atomic E-state index is -0.207. The van der Waals surface area contributed by atoms with Gasteiger partial charge in [-0.1, -0.05) is 0 Å². The first kappa shape index (κ1) is 7.97. The van der Waals surface area contributed by atoms with Crippen LogP contribution < -0.4 is 0 Å². The maximum Gasteiger partial charge on any atom is 0.138 e. The quantitative estimate of drug-likeness (QED) is 0.675. The second-order valence-corrected chi connectivity index (χ2v) is 3.68. The van der Waals surface area contributed by atoms with Crippen molar-refractivity contribution in [2.24, 2.45) is 7.05 Å². The smallest absolute Gasteiger partial charge is 0.138 e. The number of benzene rings is 1. The van der Waals surface area contributed by atoms with Crippen molar-refractivity contribution in [1.82, 2.24) is 9.78 Å². The van der Waals surface area contributed by atoms with E-state index in [1.165, 1.54) is 6.07 Å². The van der Waals surface area contributed by atoms with Crippen LogP contribution in [0.5, 0.6) is 0 Å². The number of nitrogens with zero attached hydrogens (tertiary/aromatic N) is 2. The largest absolute Gasteiger partial charge is 0.275 e. The standard InChI is InChI=1S/C8H6FIN2/c1-12-4-5-2-3-6(9)7(10)8(5)11-12/h2-4H,1H3. The molecule has 0 saturated heterocycles. The van der Waals surface area contributed by atoms with Crippen LogP contribution in [0.2, 0.25) is 0 Å². The third kappa shape index (κ3) is 1.10. The summed E-state index contributed by atoms with van der Waals surface area (Å²) in [6, 6.07) is 3.20. The molecule has 2 aromatic rings. The summed E-state index contributed by atoms with van der Waals surface area (Å²) in [6.45, 7) is 0. The Labute approximate surface area is 82.5 Å². The average Bonchev–Trinajstić information content (AvgIpc) is 2.39. The van der Waals surface area contributed by atoms with E-state index in [0.717, 1.165) is 10.9 Å². The Morgan fingerprint density at radius 1 is 1.50 bits per heavy atom. The van der Waals surface area contributed by atoms with Crippen molar-refractivity contribution in [3.8, 4) is 0 Å². The van der Waals surface area contributed by atoms with E-state index in [2.05, 4.69) is 5.10 Å². The average molecular weight is 276 g/mol. The van der Waals surface area contributed by atoms with Gasteiger partial charge < -0.3 is 0 Å². The topological polar surface area (TPSA) is 17.8 Å². The first-order chi connectivity index (χ1) is 5.68. The number of hydrogen-bond donors (Lipinski definition) is 0. The summed E-state index contributed by atoms with van der Waals surface area (Å²) in [7, 11) is 1.83. The summed E-state index contributed by atoms with van der Waals surface area (Å²) in [4.78, 5) is 0. The van der Waals surface area contributed by atoms with Gasteiger partial charge >= 0.3 is 0 Å². The van der Waals surface area contributed by atoms with Crippen LogP contribution in [0, 0.1) is 9.39 Å². The zero-order chi connectivity index (χ0) is 8.72. The number of rotatable bonds is 0. The molecular weight excluding hydrogens is 270 g/mol. The second-order valence-electron chi connectivity index (χ2n) is 2.60. The van der Waals surface area contributed by atoms with Gasteiger partial charge in [0.1, 0.15) is 11.3 Å². The van der Waals surface area contributed by atoms with E-state index in [9.17, 15) is 4.39 Å². The Morgan fingerprint density at radius 2 is 2.25 bits per heavy atom. The molecule has 4 heteroatoms. The number of fused-ring (bicyclic) bond motifs is 1. The summed E-state index contributed by atoms with van der Waals surface area (Å²) >= 11 is 1.97. The van der Waals surface area contributed by atoms with E-state index < -0.39 is 0 Å². The molecule has 0 fully saturated rings. The van der Waals surface area contributed by atoms with Crippen LogP contribution in [0.25, 0.3) is 10.9 Å². The van der Waals surface area contributed by atoms with Crippen molar-refractivity contribution in [3.63, 3.8) is 0 Å². The van der Waals surface area contributed by atoms with Crippen LogP contribution >= 0.6 is 22.6 Å². The van der Waals surface area contributed by atoms with Gasteiger partial charge in [0.15, 0.2) is 0 Å². The molecule has 0 atom stereocenters. The molecule has 1 aromatic heterocycles. The van der Waals surface area contributed by atoms with Gasteiger partial charge in [0, 0.05) is 18.6 Å². The maximum atomic E-state index is 13.0. The van der Waals surface area contributed by atoms with E-state index >= 15 is 0 Å². The van der Waals surface area contributed by atoms with Gasteiger partial charge in [-0.15, -0.1) is 0 Å². The SMILES string of the molecule is Cn1cc2ccc(F)c(I)c2n1. The first-order valence-corrected chi connectivity index (χ1v) is 4.54. The van der Waals surface area contributed by atoms with Crippen molar-refractivity contribution in [2.45, 2.75) is 0 Å². The Bertz CT molecular complexity index is 436. The minimum absolute atomic E-state index is 0.207. The summed E-state index contributed by atoms with van der Waals surface area (Å²) in [5, 5.41) is 5.12. The number of aryl methyl sites for hydroxylation is 1. The highest BCUT2D eigenvalue weighted by atomic mass is 127. The predicted molar refractivity (Wildman–Crippen MR) is 53.4 cm³/mol. The van der Waals surface area contributed by atoms with Crippen molar-refractivity contribution in [2.75, 3.05) is 0 Å². The highest BCUT2D eigenvalue weighted by molar-refractivity contribution is 14.1. The van der Waals surface area contributed by atoms with Crippen molar-refractivity contribution >= 4 is 33.5 Å². The van der Waals surface area contributed by atoms with Crippen molar-refractivity contribution < 1.29 is 4.39 Å². The molecule has 0 saturated carbocycles. The van der Waals surface area contributed by atoms with Crippen LogP contribution in [0.15, 0.2) is 18.3 Å². The van der Waals surface area contributed by atoms with Crippen molar-refractivity contribution in [1.29, 1.82) is 0 Å². The van der Waals surface area contributed by atoms with Gasteiger partial charge in [-0.2, -0.15) is 5.10 Å². The summed E-state index contributed by atoms with van der Waals surface area (Å²) in [5.41, 5.74) is 0.734. The van der Waals surface area contributed by atoms with E-state index in [4.69, 9.17) is 0 Å². The number of hydrogen-bond acceptors (Lipinski definition) is 1. The normalized spacial score (nSPS) is 10.9. The number of halogens is 2. The minimum Gasteiger partial charge on any atom is -0.275 e. The Morgan fingerprint density at radius 3 is 3.00 bits per heavy atom. The molecule has 0 unspecified atom stereocenters. The lowest BCUT2D eigenvalue weighted by molar-refractivity contribution is 0.622. The summed E-state index contributed by atoms with van der Waals surface area (Å²) < 4.78 is 15.3. The molecule has 0 amide bonds. The monoisotopic (exact) mass is 276 g/mol. The van der Waals surface area contributed by atoms with Gasteiger partial charge in [0.25, 0.3) is 0 Å². The molecular formula is C8H6FIN2. The molecule has 0 spiro atoms. The third-order valence-corrected chi connectivity index (χ3v) is 2.71. The molecule has 0 aliphatic rings. The summed E-state index contributed by atoms with van der Waals surface area (Å²) in [6.07, 6.45) is 1.87. The van der Waals surface area contributed by atoms with Gasteiger partial charge in [0.2, 0.25) is 0 Å². The van der Waals surface area contributed by atoms with E-state index in [1.807, 2.05) is 35.8 Å². The molecule has 0 aliphatic heterocycles. The van der Waals surface area contributed by atoms with E-state index in [1.54, 1.807) is 10.7 Å². The van der Waals surface area contributed by atoms with E-state index in [-0.39, 0.29) is 5.82 Å². The van der Waals surface area contributed by atoms with Crippen LogP contribution in [0.3, 0.4) is 0 Å². The highest BCUT2D eigenvalue weighted by Gasteiger charge is 2.06. The molecule has 2 rings (SSSR count). The fraction of sp³-hybridized carbons (Fsp3) is 0.125. The molecule has 62 valence electrons. The molecule has 12 heavy (non-hydrogen) atoms. The van der Waals surface area contributed by atoms with Crippen LogP contribution in [0.4, 0.5) is 4.39 Å². The maximum absolute atomic E-state index is 13.0. The third-order valence-electron chi connectivity index (χ3n) is 1.68. The predicted octanol–water partition coefficient (Wildman–Crippen LogP) is 2.32. The Hall–Kier alpha value is -0.650. The van der Waals surface area contributed by atoms with Crippen molar-refractivity contribution in [3.05, 3.63) is 27.7 Å². The Balaban J connectivity index is 2.89. The lowest BCUT2D eigenvalue weighted by Crippen LogP contribution is -1.87. The lowest BCUT2D eigenvalue weighted by atomic mass is 10.2. The van der Waals surface area contributed by atoms with Gasteiger partial charge in [-0.3, -0.25) is 4.68 Å². The zero-order valence-electron chi connectivity index (χ0n) is 6.38. The molecule has 2 nitrogen and oxygen atoms in total. The highest BCUT2D eigenvalue weighted by Crippen LogP contribution is 2.21. The fourth-order valence-corrected chi connectivity index (χ4v) is 1.75. The van der Waals surface area contributed by atoms with Gasteiger partial charge in [0.05, 0.1) is 3.57 Å². The molecule has 0 radical (unpaired) electrons. The van der Waals surface area contributed by atoms with Gasteiger partial charge in [-0.05, 0) is 34.7 Å². The molecule has 1 aromatic carbocycles. The first-order valence-electron chi connectivity index (χ1n) is 3.46. The molecule has 0 aliphatic carbocycles. The van der Waals surface area contributed by atoms with Crippen LogP contribution in [0.1, 0.15) is 0 Å². The zero-order valence-corrected chi connectivity index (χ0v) is 8.54.